The lowest BCUT2D eigenvalue weighted by Crippen LogP contribution is -2.23. The molecule has 14 heavy (non-hydrogen) atoms. The van der Waals surface area contributed by atoms with Crippen LogP contribution in [0.3, 0.4) is 0 Å². The second-order valence-electron chi connectivity index (χ2n) is 3.64. The van der Waals surface area contributed by atoms with Crippen molar-refractivity contribution in [3.8, 4) is 0 Å². The predicted octanol–water partition coefficient (Wildman–Crippen LogP) is 2.58. The molecule has 1 aromatic carbocycles. The van der Waals surface area contributed by atoms with E-state index in [2.05, 4.69) is 24.4 Å². The molecular weight excluding hydrogens is 174 g/mol. The van der Waals surface area contributed by atoms with E-state index in [9.17, 15) is 0 Å². The summed E-state index contributed by atoms with van der Waals surface area (Å²) >= 11 is 0. The van der Waals surface area contributed by atoms with Crippen LogP contribution in [0.25, 0.3) is 10.8 Å². The van der Waals surface area contributed by atoms with Crippen LogP contribution in [0.15, 0.2) is 34.9 Å². The van der Waals surface area contributed by atoms with Crippen molar-refractivity contribution in [2.24, 2.45) is 0 Å². The second-order valence-corrected chi connectivity index (χ2v) is 3.64. The maximum absolute atomic E-state index is 5.55. The van der Waals surface area contributed by atoms with Gasteiger partial charge in [-0.3, -0.25) is 0 Å². The molecule has 2 aromatic rings. The summed E-state index contributed by atoms with van der Waals surface area (Å²) in [6.45, 7) is 2.15. The van der Waals surface area contributed by atoms with E-state index >= 15 is 0 Å². The highest BCUT2D eigenvalue weighted by molar-refractivity contribution is 5.83. The molecule has 0 fully saturated rings. The largest absolute Gasteiger partial charge is 0.468 e. The Morgan fingerprint density at radius 2 is 2.14 bits per heavy atom. The Hall–Kier alpha value is -1.28. The van der Waals surface area contributed by atoms with Crippen molar-refractivity contribution in [2.45, 2.75) is 19.4 Å². The Morgan fingerprint density at radius 3 is 2.93 bits per heavy atom. The summed E-state index contributed by atoms with van der Waals surface area (Å²) in [6.07, 6.45) is 2.76. The predicted molar refractivity (Wildman–Crippen MR) is 58.4 cm³/mol. The normalized spacial score (nSPS) is 13.3. The second kappa shape index (κ2) is 3.84. The zero-order valence-corrected chi connectivity index (χ0v) is 8.58. The number of hydrogen-bond donors (Lipinski definition) is 1. The summed E-state index contributed by atoms with van der Waals surface area (Å²) < 4.78 is 5.55. The van der Waals surface area contributed by atoms with Crippen LogP contribution >= 0.6 is 0 Å². The minimum atomic E-state index is 0.449. The van der Waals surface area contributed by atoms with Gasteiger partial charge in [0.05, 0.1) is 6.26 Å². The van der Waals surface area contributed by atoms with Gasteiger partial charge in [-0.25, -0.2) is 0 Å². The molecule has 0 amide bonds. The fraction of sp³-hybridized carbons (Fsp3) is 0.333. The molecule has 0 aliphatic rings. The van der Waals surface area contributed by atoms with Gasteiger partial charge in [-0.1, -0.05) is 24.3 Å². The first-order chi connectivity index (χ1) is 6.81. The molecule has 0 bridgehead atoms. The molecule has 1 N–H and O–H groups in total. The first-order valence-electron chi connectivity index (χ1n) is 4.93. The van der Waals surface area contributed by atoms with Gasteiger partial charge in [-0.2, -0.15) is 0 Å². The summed E-state index contributed by atoms with van der Waals surface area (Å²) in [6, 6.07) is 8.71. The van der Waals surface area contributed by atoms with E-state index in [4.69, 9.17) is 4.42 Å². The molecule has 74 valence electrons. The highest BCUT2D eigenvalue weighted by atomic mass is 16.3. The van der Waals surface area contributed by atoms with E-state index in [0.29, 0.717) is 6.04 Å². The average Bonchev–Trinajstić information content (AvgIpc) is 2.62. The number of nitrogens with one attached hydrogen (secondary N) is 1. The van der Waals surface area contributed by atoms with Crippen LogP contribution in [-0.4, -0.2) is 13.1 Å². The molecule has 2 heteroatoms. The van der Waals surface area contributed by atoms with E-state index in [1.807, 2.05) is 25.4 Å². The van der Waals surface area contributed by atoms with Gasteiger partial charge < -0.3 is 9.73 Å². The maximum atomic E-state index is 5.55. The lowest BCUT2D eigenvalue weighted by atomic mass is 10.1. The molecule has 0 radical (unpaired) electrons. The molecule has 0 saturated heterocycles. The van der Waals surface area contributed by atoms with Gasteiger partial charge in [0.15, 0.2) is 0 Å². The number of furan rings is 1. The molecule has 2 nitrogen and oxygen atoms in total. The van der Waals surface area contributed by atoms with Crippen LogP contribution in [0, 0.1) is 0 Å². The average molecular weight is 189 g/mol. The summed E-state index contributed by atoms with van der Waals surface area (Å²) in [7, 11) is 1.97. The van der Waals surface area contributed by atoms with Crippen molar-refractivity contribution in [1.82, 2.24) is 5.32 Å². The van der Waals surface area contributed by atoms with Crippen molar-refractivity contribution in [1.29, 1.82) is 0 Å². The minimum absolute atomic E-state index is 0.449. The number of hydrogen-bond acceptors (Lipinski definition) is 2. The molecular formula is C12H15NO. The first kappa shape index (κ1) is 9.28. The zero-order chi connectivity index (χ0) is 9.97. The van der Waals surface area contributed by atoms with Crippen LogP contribution in [0.1, 0.15) is 12.7 Å². The SMILES string of the molecule is CNC(C)Cc1occ2ccccc12. The molecule has 1 unspecified atom stereocenters. The topological polar surface area (TPSA) is 25.2 Å². The molecule has 1 aromatic heterocycles. The molecule has 1 atom stereocenters. The minimum Gasteiger partial charge on any atom is -0.468 e. The van der Waals surface area contributed by atoms with Gasteiger partial charge in [0.1, 0.15) is 5.76 Å². The van der Waals surface area contributed by atoms with E-state index in [1.54, 1.807) is 0 Å². The molecule has 0 spiro atoms. The van der Waals surface area contributed by atoms with E-state index in [0.717, 1.165) is 12.2 Å². The van der Waals surface area contributed by atoms with Crippen LogP contribution in [0.5, 0.6) is 0 Å². The van der Waals surface area contributed by atoms with Crippen molar-refractivity contribution in [3.63, 3.8) is 0 Å². The third-order valence-electron chi connectivity index (χ3n) is 2.57. The summed E-state index contributed by atoms with van der Waals surface area (Å²) in [4.78, 5) is 0. The Kier molecular flexibility index (Phi) is 2.55. The van der Waals surface area contributed by atoms with E-state index in [-0.39, 0.29) is 0 Å². The lowest BCUT2D eigenvalue weighted by Gasteiger charge is -2.07. The van der Waals surface area contributed by atoms with Crippen LogP contribution < -0.4 is 5.32 Å². The maximum Gasteiger partial charge on any atom is 0.113 e. The number of likely N-dealkylation sites (N-methyl/N-ethyl adjacent to an activating group) is 1. The van der Waals surface area contributed by atoms with Crippen molar-refractivity contribution >= 4 is 10.8 Å². The van der Waals surface area contributed by atoms with E-state index < -0.39 is 0 Å². The highest BCUT2D eigenvalue weighted by Gasteiger charge is 2.08. The smallest absolute Gasteiger partial charge is 0.113 e. The molecule has 2 rings (SSSR count). The van der Waals surface area contributed by atoms with Crippen molar-refractivity contribution < 1.29 is 4.42 Å². The zero-order valence-electron chi connectivity index (χ0n) is 8.58. The van der Waals surface area contributed by atoms with Crippen LogP contribution in [-0.2, 0) is 6.42 Å². The van der Waals surface area contributed by atoms with Gasteiger partial charge in [0.25, 0.3) is 0 Å². The Bertz CT molecular complexity index is 419. The highest BCUT2D eigenvalue weighted by Crippen LogP contribution is 2.21. The lowest BCUT2D eigenvalue weighted by molar-refractivity contribution is 0.477. The van der Waals surface area contributed by atoms with Crippen molar-refractivity contribution in [3.05, 3.63) is 36.3 Å². The molecule has 0 aliphatic heterocycles. The Balaban J connectivity index is 2.33. The van der Waals surface area contributed by atoms with Gasteiger partial charge in [0.2, 0.25) is 0 Å². The standard InChI is InChI=1S/C12H15NO/c1-9(13-2)7-12-11-6-4-3-5-10(11)8-14-12/h3-6,8-9,13H,7H2,1-2H3. The van der Waals surface area contributed by atoms with Crippen LogP contribution in [0.2, 0.25) is 0 Å². The Labute approximate surface area is 83.9 Å². The third kappa shape index (κ3) is 1.66. The first-order valence-corrected chi connectivity index (χ1v) is 4.93. The van der Waals surface area contributed by atoms with Gasteiger partial charge in [-0.15, -0.1) is 0 Å². The van der Waals surface area contributed by atoms with E-state index in [1.165, 1.54) is 10.8 Å². The number of benzene rings is 1. The molecule has 0 saturated carbocycles. The Morgan fingerprint density at radius 1 is 1.36 bits per heavy atom. The molecule has 0 aliphatic carbocycles. The van der Waals surface area contributed by atoms with Gasteiger partial charge in [-0.05, 0) is 14.0 Å². The number of fused-ring (bicyclic) bond motifs is 1. The van der Waals surface area contributed by atoms with Crippen LogP contribution in [0.4, 0.5) is 0 Å². The van der Waals surface area contributed by atoms with Gasteiger partial charge >= 0.3 is 0 Å². The third-order valence-corrected chi connectivity index (χ3v) is 2.57. The number of rotatable bonds is 3. The monoisotopic (exact) mass is 189 g/mol. The quantitative estimate of drug-likeness (QED) is 0.802. The summed E-state index contributed by atoms with van der Waals surface area (Å²) in [5.74, 6) is 1.07. The fourth-order valence-corrected chi connectivity index (χ4v) is 1.59. The van der Waals surface area contributed by atoms with Crippen molar-refractivity contribution in [2.75, 3.05) is 7.05 Å². The molecule has 1 heterocycles. The van der Waals surface area contributed by atoms with Gasteiger partial charge in [0, 0.05) is 23.2 Å². The fourth-order valence-electron chi connectivity index (χ4n) is 1.59. The summed E-state index contributed by atoms with van der Waals surface area (Å²) in [5.41, 5.74) is 0. The summed E-state index contributed by atoms with van der Waals surface area (Å²) in [5, 5.41) is 5.62.